The molecular weight excluding hydrogens is 310 g/mol. The molecule has 0 radical (unpaired) electrons. The van der Waals surface area contributed by atoms with Crippen molar-refractivity contribution in [2.24, 2.45) is 0 Å². The van der Waals surface area contributed by atoms with Crippen LogP contribution in [0.3, 0.4) is 0 Å². The minimum absolute atomic E-state index is 0.0234. The zero-order chi connectivity index (χ0) is 16.9. The number of ether oxygens (including phenoxy) is 2. The first-order chi connectivity index (χ1) is 11.6. The summed E-state index contributed by atoms with van der Waals surface area (Å²) >= 11 is 0. The number of carbonyl (C=O) groups is 1. The molecule has 2 fully saturated rings. The largest absolute Gasteiger partial charge is 0.378 e. The van der Waals surface area contributed by atoms with Gasteiger partial charge in [0.15, 0.2) is 0 Å². The van der Waals surface area contributed by atoms with Crippen LogP contribution in [-0.4, -0.2) is 79.4 Å². The molecule has 1 atom stereocenters. The van der Waals surface area contributed by atoms with Crippen molar-refractivity contribution in [3.63, 3.8) is 0 Å². The molecule has 0 bridgehead atoms. The zero-order valence-corrected chi connectivity index (χ0v) is 14.3. The van der Waals surface area contributed by atoms with Gasteiger partial charge >= 0.3 is 0 Å². The second kappa shape index (κ2) is 7.76. The molecule has 132 valence electrons. The van der Waals surface area contributed by atoms with Gasteiger partial charge in [-0.25, -0.2) is 4.98 Å². The van der Waals surface area contributed by atoms with E-state index in [2.05, 4.69) is 20.2 Å². The summed E-state index contributed by atoms with van der Waals surface area (Å²) in [6.45, 7) is 9.06. The van der Waals surface area contributed by atoms with Gasteiger partial charge in [-0.3, -0.25) is 4.79 Å². The molecule has 0 saturated carbocycles. The summed E-state index contributed by atoms with van der Waals surface area (Å²) in [4.78, 5) is 24.6. The van der Waals surface area contributed by atoms with Crippen LogP contribution in [0, 0.1) is 6.92 Å². The van der Waals surface area contributed by atoms with Crippen LogP contribution in [0.5, 0.6) is 0 Å². The van der Waals surface area contributed by atoms with Gasteiger partial charge in [0, 0.05) is 51.4 Å². The molecule has 2 aliphatic rings. The van der Waals surface area contributed by atoms with E-state index in [-0.39, 0.29) is 12.0 Å². The summed E-state index contributed by atoms with van der Waals surface area (Å²) in [5.41, 5.74) is 0.920. The fourth-order valence-corrected chi connectivity index (χ4v) is 2.90. The van der Waals surface area contributed by atoms with Crippen LogP contribution in [0.4, 0.5) is 11.8 Å². The highest BCUT2D eigenvalue weighted by atomic mass is 16.5. The average Bonchev–Trinajstić information content (AvgIpc) is 2.60. The minimum atomic E-state index is -0.0234. The van der Waals surface area contributed by atoms with Gasteiger partial charge in [0.2, 0.25) is 11.9 Å². The van der Waals surface area contributed by atoms with E-state index in [1.807, 2.05) is 17.9 Å². The van der Waals surface area contributed by atoms with E-state index in [9.17, 15) is 4.79 Å². The van der Waals surface area contributed by atoms with E-state index >= 15 is 0 Å². The van der Waals surface area contributed by atoms with Crippen molar-refractivity contribution in [2.45, 2.75) is 20.0 Å². The van der Waals surface area contributed by atoms with Crippen molar-refractivity contribution in [3.05, 3.63) is 11.8 Å². The molecule has 0 spiro atoms. The average molecular weight is 335 g/mol. The fraction of sp³-hybridized carbons (Fsp3) is 0.688. The van der Waals surface area contributed by atoms with Crippen LogP contribution in [0.2, 0.25) is 0 Å². The lowest BCUT2D eigenvalue weighted by Crippen LogP contribution is -2.47. The number of hydrogen-bond donors (Lipinski definition) is 1. The number of rotatable bonds is 4. The molecule has 1 N–H and O–H groups in total. The Morgan fingerprint density at radius 2 is 2.08 bits per heavy atom. The normalized spacial score (nSPS) is 21.7. The first kappa shape index (κ1) is 16.9. The predicted molar refractivity (Wildman–Crippen MR) is 90.3 cm³/mol. The number of aromatic nitrogens is 2. The first-order valence-electron chi connectivity index (χ1n) is 8.41. The van der Waals surface area contributed by atoms with Crippen LogP contribution < -0.4 is 10.2 Å². The number of aryl methyl sites for hydroxylation is 1. The van der Waals surface area contributed by atoms with Gasteiger partial charge in [0.1, 0.15) is 5.82 Å². The van der Waals surface area contributed by atoms with Gasteiger partial charge in [-0.1, -0.05) is 0 Å². The van der Waals surface area contributed by atoms with E-state index in [1.165, 1.54) is 0 Å². The molecule has 8 heteroatoms. The number of carbonyl (C=O) groups excluding carboxylic acids is 1. The van der Waals surface area contributed by atoms with E-state index in [0.717, 1.165) is 30.5 Å². The van der Waals surface area contributed by atoms with Gasteiger partial charge in [0.05, 0.1) is 25.9 Å². The first-order valence-corrected chi connectivity index (χ1v) is 8.41. The number of anilines is 2. The Morgan fingerprint density at radius 1 is 1.29 bits per heavy atom. The molecule has 3 rings (SSSR count). The summed E-state index contributed by atoms with van der Waals surface area (Å²) < 4.78 is 11.1. The van der Waals surface area contributed by atoms with Crippen molar-refractivity contribution in [1.82, 2.24) is 14.9 Å². The Labute approximate surface area is 142 Å². The molecule has 1 aromatic rings. The highest BCUT2D eigenvalue weighted by Gasteiger charge is 2.22. The van der Waals surface area contributed by atoms with E-state index < -0.39 is 0 Å². The van der Waals surface area contributed by atoms with Crippen LogP contribution >= 0.6 is 0 Å². The number of nitrogens with zero attached hydrogens (tertiary/aromatic N) is 4. The maximum Gasteiger partial charge on any atom is 0.227 e. The monoisotopic (exact) mass is 335 g/mol. The molecule has 0 aromatic carbocycles. The topological polar surface area (TPSA) is 79.8 Å². The lowest BCUT2D eigenvalue weighted by Gasteiger charge is -2.32. The summed E-state index contributed by atoms with van der Waals surface area (Å²) in [7, 11) is 0. The van der Waals surface area contributed by atoms with Gasteiger partial charge in [-0.05, 0) is 6.92 Å². The minimum Gasteiger partial charge on any atom is -0.378 e. The third-order valence-corrected chi connectivity index (χ3v) is 4.23. The highest BCUT2D eigenvalue weighted by molar-refractivity contribution is 5.73. The van der Waals surface area contributed by atoms with E-state index in [4.69, 9.17) is 9.47 Å². The number of morpholine rings is 2. The lowest BCUT2D eigenvalue weighted by molar-refractivity contribution is -0.135. The van der Waals surface area contributed by atoms with Gasteiger partial charge in [0.25, 0.3) is 0 Å². The summed E-state index contributed by atoms with van der Waals surface area (Å²) in [5, 5.41) is 3.32. The summed E-state index contributed by atoms with van der Waals surface area (Å²) in [5.74, 6) is 1.61. The number of hydrogen-bond acceptors (Lipinski definition) is 7. The van der Waals surface area contributed by atoms with Gasteiger partial charge in [-0.2, -0.15) is 4.98 Å². The van der Waals surface area contributed by atoms with Crippen LogP contribution in [0.25, 0.3) is 0 Å². The van der Waals surface area contributed by atoms with Gasteiger partial charge < -0.3 is 24.6 Å². The van der Waals surface area contributed by atoms with E-state index in [0.29, 0.717) is 39.5 Å². The maximum atomic E-state index is 11.5. The molecule has 0 unspecified atom stereocenters. The van der Waals surface area contributed by atoms with Crippen molar-refractivity contribution in [2.75, 3.05) is 62.8 Å². The molecule has 8 nitrogen and oxygen atoms in total. The fourth-order valence-electron chi connectivity index (χ4n) is 2.90. The molecule has 3 heterocycles. The Hall–Kier alpha value is -1.93. The Kier molecular flexibility index (Phi) is 5.47. The second-order valence-electron chi connectivity index (χ2n) is 6.13. The highest BCUT2D eigenvalue weighted by Crippen LogP contribution is 2.15. The Balaban J connectivity index is 1.60. The molecule has 1 aromatic heterocycles. The van der Waals surface area contributed by atoms with Crippen molar-refractivity contribution in [3.8, 4) is 0 Å². The molecule has 2 saturated heterocycles. The van der Waals surface area contributed by atoms with Crippen molar-refractivity contribution < 1.29 is 14.3 Å². The Morgan fingerprint density at radius 3 is 2.83 bits per heavy atom. The van der Waals surface area contributed by atoms with Crippen molar-refractivity contribution in [1.29, 1.82) is 0 Å². The van der Waals surface area contributed by atoms with Crippen LogP contribution in [0.1, 0.15) is 12.6 Å². The predicted octanol–water partition coefficient (Wildman–Crippen LogP) is 0.281. The molecule has 1 amide bonds. The standard InChI is InChI=1S/C16H25N5O3/c1-12-9-15(19-16(18-12)20-3-6-23-7-4-20)17-10-14-11-21(13(2)22)5-8-24-14/h9,14H,3-8,10-11H2,1-2H3,(H,17,18,19)/t14-/m0/s1. The SMILES string of the molecule is CC(=O)N1CCO[C@@H](CNc2cc(C)nc(N3CCOCC3)n2)C1. The quantitative estimate of drug-likeness (QED) is 0.846. The lowest BCUT2D eigenvalue weighted by atomic mass is 10.2. The summed E-state index contributed by atoms with van der Waals surface area (Å²) in [6, 6.07) is 1.93. The van der Waals surface area contributed by atoms with Crippen molar-refractivity contribution >= 4 is 17.7 Å². The van der Waals surface area contributed by atoms with Crippen LogP contribution in [0.15, 0.2) is 6.07 Å². The Bertz CT molecular complexity index is 577. The number of amides is 1. The zero-order valence-electron chi connectivity index (χ0n) is 14.3. The van der Waals surface area contributed by atoms with Gasteiger partial charge in [-0.15, -0.1) is 0 Å². The smallest absolute Gasteiger partial charge is 0.227 e. The molecule has 2 aliphatic heterocycles. The second-order valence-corrected chi connectivity index (χ2v) is 6.13. The molecular formula is C16H25N5O3. The molecule has 0 aliphatic carbocycles. The summed E-state index contributed by atoms with van der Waals surface area (Å²) in [6.07, 6.45) is -0.0234. The van der Waals surface area contributed by atoms with E-state index in [1.54, 1.807) is 6.92 Å². The third kappa shape index (κ3) is 4.33. The number of nitrogens with one attached hydrogen (secondary N) is 1. The van der Waals surface area contributed by atoms with Crippen LogP contribution in [-0.2, 0) is 14.3 Å². The maximum absolute atomic E-state index is 11.5. The molecule has 24 heavy (non-hydrogen) atoms. The third-order valence-electron chi connectivity index (χ3n) is 4.23.